The third-order valence-corrected chi connectivity index (χ3v) is 5.48. The van der Waals surface area contributed by atoms with E-state index in [1.807, 2.05) is 19.1 Å². The molecule has 2 amide bonds. The Morgan fingerprint density at radius 1 is 0.944 bits per heavy atom. The van der Waals surface area contributed by atoms with Gasteiger partial charge in [0.05, 0.1) is 32.5 Å². The van der Waals surface area contributed by atoms with Gasteiger partial charge in [-0.3, -0.25) is 9.59 Å². The number of hydrogen-bond donors (Lipinski definition) is 2. The van der Waals surface area contributed by atoms with Crippen LogP contribution in [0.2, 0.25) is 0 Å². The Morgan fingerprint density at radius 2 is 1.67 bits per heavy atom. The van der Waals surface area contributed by atoms with Gasteiger partial charge in [0.1, 0.15) is 5.75 Å². The molecule has 0 bridgehead atoms. The molecule has 0 spiro atoms. The van der Waals surface area contributed by atoms with Crippen molar-refractivity contribution in [3.63, 3.8) is 0 Å². The first-order chi connectivity index (χ1) is 17.3. The summed E-state index contributed by atoms with van der Waals surface area (Å²) in [7, 11) is 2.96. The molecule has 2 N–H and O–H groups in total. The Labute approximate surface area is 216 Å². The lowest BCUT2D eigenvalue weighted by Gasteiger charge is -2.10. The van der Waals surface area contributed by atoms with Crippen LogP contribution in [0.15, 0.2) is 70.2 Å². The number of nitrogens with zero attached hydrogens (tertiary/aromatic N) is 1. The third kappa shape index (κ3) is 6.92. The van der Waals surface area contributed by atoms with Crippen molar-refractivity contribution < 1.29 is 28.6 Å². The standard InChI is InChI=1S/C26H24BrN3O6/c1-16-6-4-5-7-20(16)26(33)36-21-11-9-19(27)12-18(21)14-29-30-24(31)15-28-25(32)17-8-10-22(34-2)23(13-17)35-3/h4-14H,15H2,1-3H3,(H,28,32)(H,30,31). The number of nitrogens with one attached hydrogen (secondary N) is 2. The second-order valence-electron chi connectivity index (χ2n) is 7.43. The molecule has 0 saturated carbocycles. The molecule has 3 rings (SSSR count). The second-order valence-corrected chi connectivity index (χ2v) is 8.35. The molecule has 0 heterocycles. The molecule has 0 atom stereocenters. The van der Waals surface area contributed by atoms with E-state index in [-0.39, 0.29) is 12.3 Å². The minimum Gasteiger partial charge on any atom is -0.493 e. The van der Waals surface area contributed by atoms with Gasteiger partial charge in [0.2, 0.25) is 0 Å². The van der Waals surface area contributed by atoms with Gasteiger partial charge in [-0.25, -0.2) is 10.2 Å². The number of esters is 1. The topological polar surface area (TPSA) is 115 Å². The molecule has 0 aromatic heterocycles. The van der Waals surface area contributed by atoms with Crippen molar-refractivity contribution >= 4 is 39.9 Å². The molecule has 3 aromatic rings. The fourth-order valence-corrected chi connectivity index (χ4v) is 3.50. The molecule has 186 valence electrons. The Kier molecular flexibility index (Phi) is 9.18. The number of hydrazone groups is 1. The summed E-state index contributed by atoms with van der Waals surface area (Å²) in [6, 6.07) is 16.8. The number of amides is 2. The molecule has 0 aliphatic heterocycles. The van der Waals surface area contributed by atoms with Crippen LogP contribution in [0.4, 0.5) is 0 Å². The summed E-state index contributed by atoms with van der Waals surface area (Å²) in [6.07, 6.45) is 1.35. The molecule has 0 radical (unpaired) electrons. The normalized spacial score (nSPS) is 10.6. The largest absolute Gasteiger partial charge is 0.493 e. The van der Waals surface area contributed by atoms with Crippen molar-refractivity contribution in [1.29, 1.82) is 0 Å². The van der Waals surface area contributed by atoms with Crippen LogP contribution in [0.3, 0.4) is 0 Å². The number of hydrogen-bond acceptors (Lipinski definition) is 7. The molecule has 0 aliphatic rings. The highest BCUT2D eigenvalue weighted by Crippen LogP contribution is 2.27. The van der Waals surface area contributed by atoms with Crippen LogP contribution in [0.5, 0.6) is 17.2 Å². The van der Waals surface area contributed by atoms with Crippen molar-refractivity contribution in [2.75, 3.05) is 20.8 Å². The zero-order valence-corrected chi connectivity index (χ0v) is 21.4. The van der Waals surface area contributed by atoms with E-state index in [0.29, 0.717) is 28.2 Å². The molecular formula is C26H24BrN3O6. The Bertz CT molecular complexity index is 1310. The fraction of sp³-hybridized carbons (Fsp3) is 0.154. The van der Waals surface area contributed by atoms with Gasteiger partial charge in [0.25, 0.3) is 11.8 Å². The highest BCUT2D eigenvalue weighted by atomic mass is 79.9. The van der Waals surface area contributed by atoms with E-state index in [9.17, 15) is 14.4 Å². The lowest BCUT2D eigenvalue weighted by Crippen LogP contribution is -2.34. The van der Waals surface area contributed by atoms with Crippen molar-refractivity contribution in [2.24, 2.45) is 5.10 Å². The van der Waals surface area contributed by atoms with Gasteiger partial charge < -0.3 is 19.5 Å². The highest BCUT2D eigenvalue weighted by molar-refractivity contribution is 9.10. The van der Waals surface area contributed by atoms with E-state index < -0.39 is 17.8 Å². The van der Waals surface area contributed by atoms with E-state index in [0.717, 1.165) is 10.0 Å². The van der Waals surface area contributed by atoms with Crippen LogP contribution in [0.25, 0.3) is 0 Å². The number of methoxy groups -OCH3 is 2. The van der Waals surface area contributed by atoms with Crippen LogP contribution in [0.1, 0.15) is 31.8 Å². The molecule has 9 nitrogen and oxygen atoms in total. The van der Waals surface area contributed by atoms with Crippen LogP contribution < -0.4 is 25.0 Å². The zero-order chi connectivity index (χ0) is 26.1. The van der Waals surface area contributed by atoms with Gasteiger partial charge in [-0.05, 0) is 55.0 Å². The van der Waals surface area contributed by atoms with Gasteiger partial charge in [-0.1, -0.05) is 34.1 Å². The summed E-state index contributed by atoms with van der Waals surface area (Å²) in [5, 5.41) is 6.43. The third-order valence-electron chi connectivity index (χ3n) is 4.99. The number of benzene rings is 3. The quantitative estimate of drug-likeness (QED) is 0.180. The summed E-state index contributed by atoms with van der Waals surface area (Å²) in [5.41, 5.74) is 4.33. The maximum Gasteiger partial charge on any atom is 0.343 e. The van der Waals surface area contributed by atoms with Gasteiger partial charge in [0, 0.05) is 15.6 Å². The van der Waals surface area contributed by atoms with Crippen LogP contribution in [-0.4, -0.2) is 44.8 Å². The lowest BCUT2D eigenvalue weighted by molar-refractivity contribution is -0.120. The Balaban J connectivity index is 1.60. The first kappa shape index (κ1) is 26.4. The van der Waals surface area contributed by atoms with Crippen molar-refractivity contribution in [1.82, 2.24) is 10.7 Å². The van der Waals surface area contributed by atoms with Gasteiger partial charge in [-0.2, -0.15) is 5.10 Å². The lowest BCUT2D eigenvalue weighted by atomic mass is 10.1. The summed E-state index contributed by atoms with van der Waals surface area (Å²) in [5.74, 6) is -0.371. The Morgan fingerprint density at radius 3 is 2.39 bits per heavy atom. The monoisotopic (exact) mass is 553 g/mol. The van der Waals surface area contributed by atoms with Crippen molar-refractivity contribution in [2.45, 2.75) is 6.92 Å². The fourth-order valence-electron chi connectivity index (χ4n) is 3.12. The summed E-state index contributed by atoms with van der Waals surface area (Å²) < 4.78 is 16.6. The molecule has 0 aliphatic carbocycles. The predicted molar refractivity (Wildman–Crippen MR) is 138 cm³/mol. The number of carbonyl (C=O) groups excluding carboxylic acids is 3. The first-order valence-corrected chi connectivity index (χ1v) is 11.5. The molecule has 36 heavy (non-hydrogen) atoms. The van der Waals surface area contributed by atoms with E-state index in [1.165, 1.54) is 26.5 Å². The van der Waals surface area contributed by atoms with Crippen LogP contribution in [-0.2, 0) is 4.79 Å². The maximum atomic E-state index is 12.6. The second kappa shape index (κ2) is 12.5. The molecule has 3 aromatic carbocycles. The molecule has 0 fully saturated rings. The molecule has 10 heteroatoms. The van der Waals surface area contributed by atoms with Crippen molar-refractivity contribution in [3.05, 3.63) is 87.4 Å². The van der Waals surface area contributed by atoms with Crippen molar-refractivity contribution in [3.8, 4) is 17.2 Å². The highest BCUT2D eigenvalue weighted by Gasteiger charge is 2.14. The van der Waals surface area contributed by atoms with E-state index in [4.69, 9.17) is 14.2 Å². The van der Waals surface area contributed by atoms with Gasteiger partial charge >= 0.3 is 5.97 Å². The van der Waals surface area contributed by atoms with Crippen LogP contribution >= 0.6 is 15.9 Å². The van der Waals surface area contributed by atoms with Gasteiger partial charge in [-0.15, -0.1) is 0 Å². The molecular weight excluding hydrogens is 530 g/mol. The van der Waals surface area contributed by atoms with E-state index in [2.05, 4.69) is 31.8 Å². The number of carbonyl (C=O) groups is 3. The summed E-state index contributed by atoms with van der Waals surface area (Å²) in [4.78, 5) is 37.1. The number of ether oxygens (including phenoxy) is 3. The van der Waals surface area contributed by atoms with Crippen LogP contribution in [0, 0.1) is 6.92 Å². The number of aryl methyl sites for hydroxylation is 1. The predicted octanol–water partition coefficient (Wildman–Crippen LogP) is 3.87. The molecule has 0 saturated heterocycles. The Hall–Kier alpha value is -4.18. The number of halogens is 1. The summed E-state index contributed by atoms with van der Waals surface area (Å²) in [6.45, 7) is 1.51. The average molecular weight is 554 g/mol. The van der Waals surface area contributed by atoms with E-state index >= 15 is 0 Å². The minimum atomic E-state index is -0.548. The smallest absolute Gasteiger partial charge is 0.343 e. The first-order valence-electron chi connectivity index (χ1n) is 10.7. The summed E-state index contributed by atoms with van der Waals surface area (Å²) >= 11 is 3.37. The zero-order valence-electron chi connectivity index (χ0n) is 19.8. The maximum absolute atomic E-state index is 12.6. The average Bonchev–Trinajstić information content (AvgIpc) is 2.88. The SMILES string of the molecule is COc1ccc(C(=O)NCC(=O)NN=Cc2cc(Br)ccc2OC(=O)c2ccccc2C)cc1OC. The number of rotatable bonds is 9. The van der Waals surface area contributed by atoms with E-state index in [1.54, 1.807) is 42.5 Å². The van der Waals surface area contributed by atoms with Gasteiger partial charge in [0.15, 0.2) is 11.5 Å². The minimum absolute atomic E-state index is 0.270. The molecule has 0 unspecified atom stereocenters.